The number of fused-ring (bicyclic) bond motifs is 1. The second-order valence-electron chi connectivity index (χ2n) is 4.97. The molecule has 0 N–H and O–H groups in total. The Morgan fingerprint density at radius 2 is 2.11 bits per heavy atom. The van der Waals surface area contributed by atoms with Crippen LogP contribution in [0.2, 0.25) is 0 Å². The van der Waals surface area contributed by atoms with Gasteiger partial charge in [0.25, 0.3) is 0 Å². The molecule has 0 bridgehead atoms. The molecule has 0 aromatic carbocycles. The van der Waals surface area contributed by atoms with Gasteiger partial charge in [0.2, 0.25) is 0 Å². The van der Waals surface area contributed by atoms with Crippen molar-refractivity contribution in [2.45, 2.75) is 38.2 Å². The second-order valence-corrected chi connectivity index (χ2v) is 5.95. The highest BCUT2D eigenvalue weighted by molar-refractivity contribution is 7.17. The van der Waals surface area contributed by atoms with Gasteiger partial charge >= 0.3 is 0 Å². The van der Waals surface area contributed by atoms with Gasteiger partial charge in [0, 0.05) is 26.6 Å². The number of piperidine rings is 1. The maximum absolute atomic E-state index is 11.8. The predicted octanol–water partition coefficient (Wildman–Crippen LogP) is 2.28. The van der Waals surface area contributed by atoms with Gasteiger partial charge in [-0.1, -0.05) is 11.3 Å². The summed E-state index contributed by atoms with van der Waals surface area (Å²) in [5.74, 6) is 0.284. The van der Waals surface area contributed by atoms with E-state index in [9.17, 15) is 4.79 Å². The monoisotopic (exact) mass is 266 g/mol. The Morgan fingerprint density at radius 1 is 1.33 bits per heavy atom. The molecule has 0 radical (unpaired) electrons. The Kier molecular flexibility index (Phi) is 3.35. The highest BCUT2D eigenvalue weighted by atomic mass is 32.1. The van der Waals surface area contributed by atoms with Crippen LogP contribution in [0, 0.1) is 0 Å². The van der Waals surface area contributed by atoms with Crippen LogP contribution in [-0.2, 0) is 11.2 Å². The number of Topliss-reactive ketones (excluding diaryl/α,β-unsaturated/α-hetero) is 1. The second kappa shape index (κ2) is 4.97. The molecule has 0 unspecified atom stereocenters. The van der Waals surface area contributed by atoms with Crippen molar-refractivity contribution in [3.8, 4) is 0 Å². The maximum atomic E-state index is 11.8. The summed E-state index contributed by atoms with van der Waals surface area (Å²) < 4.78 is 5.38. The molecule has 18 heavy (non-hydrogen) atoms. The summed E-state index contributed by atoms with van der Waals surface area (Å²) in [6.45, 7) is 1.97. The zero-order chi connectivity index (χ0) is 12.5. The predicted molar refractivity (Wildman–Crippen MR) is 71.6 cm³/mol. The van der Waals surface area contributed by atoms with Gasteiger partial charge in [0.05, 0.1) is 16.7 Å². The van der Waals surface area contributed by atoms with Crippen molar-refractivity contribution in [3.63, 3.8) is 0 Å². The lowest BCUT2D eigenvalue weighted by Gasteiger charge is -2.30. The molecule has 98 valence electrons. The van der Waals surface area contributed by atoms with Crippen LogP contribution in [-0.4, -0.2) is 37.1 Å². The van der Waals surface area contributed by atoms with Crippen LogP contribution in [0.1, 0.15) is 41.0 Å². The van der Waals surface area contributed by atoms with Crippen LogP contribution in [0.4, 0.5) is 5.13 Å². The fourth-order valence-corrected chi connectivity index (χ4v) is 3.81. The summed E-state index contributed by atoms with van der Waals surface area (Å²) in [5, 5.41) is 1.03. The number of aromatic nitrogens is 1. The average molecular weight is 266 g/mol. The fourth-order valence-electron chi connectivity index (χ4n) is 2.67. The lowest BCUT2D eigenvalue weighted by molar-refractivity contribution is 0.0819. The number of ketones is 1. The Hall–Kier alpha value is -0.940. The molecule has 3 rings (SSSR count). The van der Waals surface area contributed by atoms with Gasteiger partial charge < -0.3 is 9.64 Å². The summed E-state index contributed by atoms with van der Waals surface area (Å²) in [4.78, 5) is 19.7. The van der Waals surface area contributed by atoms with E-state index in [1.54, 1.807) is 18.4 Å². The number of carbonyl (C=O) groups excluding carboxylic acids is 1. The molecule has 1 fully saturated rings. The smallest absolute Gasteiger partial charge is 0.186 e. The summed E-state index contributed by atoms with van der Waals surface area (Å²) in [7, 11) is 1.78. The molecule has 5 heteroatoms. The van der Waals surface area contributed by atoms with Crippen molar-refractivity contribution in [3.05, 3.63) is 10.6 Å². The van der Waals surface area contributed by atoms with Crippen LogP contribution in [0.15, 0.2) is 0 Å². The number of ether oxygens (including phenoxy) is 1. The van der Waals surface area contributed by atoms with Crippen molar-refractivity contribution in [2.24, 2.45) is 0 Å². The van der Waals surface area contributed by atoms with Crippen molar-refractivity contribution < 1.29 is 9.53 Å². The summed E-state index contributed by atoms with van der Waals surface area (Å²) in [6.07, 6.45) is 5.11. The van der Waals surface area contributed by atoms with E-state index in [4.69, 9.17) is 4.74 Å². The molecule has 1 aliphatic carbocycles. The first-order chi connectivity index (χ1) is 8.78. The topological polar surface area (TPSA) is 42.4 Å². The lowest BCUT2D eigenvalue weighted by atomic mass is 10.0. The minimum Gasteiger partial charge on any atom is -0.381 e. The molecule has 0 atom stereocenters. The third-order valence-corrected chi connectivity index (χ3v) is 5.00. The first kappa shape index (κ1) is 12.1. The van der Waals surface area contributed by atoms with E-state index in [0.29, 0.717) is 12.5 Å². The molecule has 4 nitrogen and oxygen atoms in total. The van der Waals surface area contributed by atoms with E-state index in [1.807, 2.05) is 0 Å². The van der Waals surface area contributed by atoms with Crippen molar-refractivity contribution in [1.29, 1.82) is 0 Å². The number of methoxy groups -OCH3 is 1. The molecule has 2 heterocycles. The standard InChI is InChI=1S/C13H18N2O2S/c1-17-9-5-7-15(8-6-9)13-14-10-3-2-4-11(16)12(10)18-13/h9H,2-8H2,1H3. The Bertz CT molecular complexity index is 450. The van der Waals surface area contributed by atoms with Crippen LogP contribution < -0.4 is 4.90 Å². The zero-order valence-electron chi connectivity index (χ0n) is 10.6. The SMILES string of the molecule is COC1CCN(c2nc3c(s2)C(=O)CCC3)CC1. The highest BCUT2D eigenvalue weighted by Gasteiger charge is 2.26. The number of hydrogen-bond acceptors (Lipinski definition) is 5. The van der Waals surface area contributed by atoms with Gasteiger partial charge in [-0.05, 0) is 25.7 Å². The number of thiazole rings is 1. The van der Waals surface area contributed by atoms with E-state index < -0.39 is 0 Å². The lowest BCUT2D eigenvalue weighted by Crippen LogP contribution is -2.36. The fraction of sp³-hybridized carbons (Fsp3) is 0.692. The first-order valence-electron chi connectivity index (χ1n) is 6.58. The Balaban J connectivity index is 1.76. The van der Waals surface area contributed by atoms with E-state index in [-0.39, 0.29) is 5.78 Å². The van der Waals surface area contributed by atoms with Crippen molar-refractivity contribution in [2.75, 3.05) is 25.1 Å². The first-order valence-corrected chi connectivity index (χ1v) is 7.40. The molecule has 1 aliphatic heterocycles. The summed E-state index contributed by atoms with van der Waals surface area (Å²) >= 11 is 1.58. The number of rotatable bonds is 2. The Morgan fingerprint density at radius 3 is 2.78 bits per heavy atom. The average Bonchev–Trinajstić information content (AvgIpc) is 2.84. The van der Waals surface area contributed by atoms with Gasteiger partial charge in [-0.25, -0.2) is 4.98 Å². The van der Waals surface area contributed by atoms with Crippen LogP contribution in [0.3, 0.4) is 0 Å². The maximum Gasteiger partial charge on any atom is 0.186 e. The number of carbonyl (C=O) groups is 1. The molecule has 0 saturated carbocycles. The van der Waals surface area contributed by atoms with Crippen LogP contribution >= 0.6 is 11.3 Å². The number of anilines is 1. The van der Waals surface area contributed by atoms with Gasteiger partial charge in [0.15, 0.2) is 10.9 Å². The van der Waals surface area contributed by atoms with Crippen LogP contribution in [0.5, 0.6) is 0 Å². The van der Waals surface area contributed by atoms with Crippen molar-refractivity contribution in [1.82, 2.24) is 4.98 Å². The van der Waals surface area contributed by atoms with E-state index in [1.165, 1.54) is 0 Å². The summed E-state index contributed by atoms with van der Waals surface area (Å²) in [5.41, 5.74) is 1.03. The molecular weight excluding hydrogens is 248 g/mol. The van der Waals surface area contributed by atoms with Gasteiger partial charge in [0.1, 0.15) is 0 Å². The number of aryl methyl sites for hydroxylation is 1. The quantitative estimate of drug-likeness (QED) is 0.823. The largest absolute Gasteiger partial charge is 0.381 e. The minimum atomic E-state index is 0.284. The van der Waals surface area contributed by atoms with Crippen molar-refractivity contribution >= 4 is 22.3 Å². The molecular formula is C13H18N2O2S. The van der Waals surface area contributed by atoms with Gasteiger partial charge in [-0.15, -0.1) is 0 Å². The highest BCUT2D eigenvalue weighted by Crippen LogP contribution is 2.33. The zero-order valence-corrected chi connectivity index (χ0v) is 11.5. The number of nitrogens with zero attached hydrogens (tertiary/aromatic N) is 2. The molecule has 2 aliphatic rings. The minimum absolute atomic E-state index is 0.284. The van der Waals surface area contributed by atoms with E-state index in [0.717, 1.165) is 54.5 Å². The Labute approximate surface area is 111 Å². The third kappa shape index (κ3) is 2.17. The normalized spacial score (nSPS) is 21.2. The summed E-state index contributed by atoms with van der Waals surface area (Å²) in [6, 6.07) is 0. The van der Waals surface area contributed by atoms with Crippen LogP contribution in [0.25, 0.3) is 0 Å². The molecule has 1 aromatic rings. The van der Waals surface area contributed by atoms with E-state index >= 15 is 0 Å². The number of hydrogen-bond donors (Lipinski definition) is 0. The van der Waals surface area contributed by atoms with E-state index in [2.05, 4.69) is 9.88 Å². The molecule has 0 amide bonds. The third-order valence-electron chi connectivity index (χ3n) is 3.80. The van der Waals surface area contributed by atoms with Gasteiger partial charge in [-0.3, -0.25) is 4.79 Å². The van der Waals surface area contributed by atoms with Gasteiger partial charge in [-0.2, -0.15) is 0 Å². The molecule has 1 aromatic heterocycles. The molecule has 1 saturated heterocycles. The molecule has 0 spiro atoms.